The molecule has 1 aliphatic heterocycles. The molecule has 192 valence electrons. The van der Waals surface area contributed by atoms with Gasteiger partial charge in [-0.25, -0.2) is 19.7 Å². The molecule has 0 spiro atoms. The number of carboxylic acids is 1. The number of rotatable bonds is 14. The number of carbonyl (C=O) groups is 1. The van der Waals surface area contributed by atoms with Gasteiger partial charge >= 0.3 is 5.97 Å². The SMILES string of the molecule is COCCN(CCCCc1ccc2c(n1)NCCC2)CCC(Nc1ncnc2cccnc12)C(=O)O. The van der Waals surface area contributed by atoms with Gasteiger partial charge in [0.1, 0.15) is 23.7 Å². The average Bonchev–Trinajstić information content (AvgIpc) is 2.91. The summed E-state index contributed by atoms with van der Waals surface area (Å²) in [5.41, 5.74) is 3.66. The summed E-state index contributed by atoms with van der Waals surface area (Å²) < 4.78 is 5.28. The maximum absolute atomic E-state index is 12.0. The summed E-state index contributed by atoms with van der Waals surface area (Å²) >= 11 is 0. The molecule has 3 aromatic rings. The molecule has 0 aliphatic carbocycles. The Balaban J connectivity index is 1.29. The molecule has 0 aromatic carbocycles. The summed E-state index contributed by atoms with van der Waals surface area (Å²) in [6.07, 6.45) is 8.71. The van der Waals surface area contributed by atoms with E-state index in [1.165, 1.54) is 11.9 Å². The maximum atomic E-state index is 12.0. The van der Waals surface area contributed by atoms with Crippen LogP contribution in [0.4, 0.5) is 11.6 Å². The van der Waals surface area contributed by atoms with Gasteiger partial charge in [0.05, 0.1) is 12.1 Å². The molecule has 0 saturated heterocycles. The first-order valence-corrected chi connectivity index (χ1v) is 12.6. The number of methoxy groups -OCH3 is 1. The van der Waals surface area contributed by atoms with Crippen molar-refractivity contribution in [2.45, 2.75) is 44.6 Å². The number of carboxylic acid groups (broad SMARTS) is 1. The molecule has 4 heterocycles. The van der Waals surface area contributed by atoms with Gasteiger partial charge in [-0.3, -0.25) is 4.98 Å². The molecule has 0 fully saturated rings. The summed E-state index contributed by atoms with van der Waals surface area (Å²) in [6, 6.07) is 7.17. The lowest BCUT2D eigenvalue weighted by Gasteiger charge is -2.24. The Kier molecular flexibility index (Phi) is 9.34. The molecule has 0 amide bonds. The van der Waals surface area contributed by atoms with Gasteiger partial charge < -0.3 is 25.4 Å². The molecule has 3 aromatic heterocycles. The zero-order valence-electron chi connectivity index (χ0n) is 20.8. The van der Waals surface area contributed by atoms with Crippen LogP contribution in [0.1, 0.15) is 36.9 Å². The first-order chi connectivity index (χ1) is 17.6. The molecule has 4 rings (SSSR count). The van der Waals surface area contributed by atoms with Crippen molar-refractivity contribution in [3.63, 3.8) is 0 Å². The molecule has 0 bridgehead atoms. The largest absolute Gasteiger partial charge is 0.480 e. The lowest BCUT2D eigenvalue weighted by molar-refractivity contribution is -0.138. The Hall–Kier alpha value is -3.37. The van der Waals surface area contributed by atoms with Gasteiger partial charge in [0.15, 0.2) is 5.82 Å². The van der Waals surface area contributed by atoms with Crippen molar-refractivity contribution in [1.29, 1.82) is 0 Å². The van der Waals surface area contributed by atoms with Crippen LogP contribution in [0.3, 0.4) is 0 Å². The minimum absolute atomic E-state index is 0.426. The second-order valence-corrected chi connectivity index (χ2v) is 9.05. The van der Waals surface area contributed by atoms with E-state index in [4.69, 9.17) is 9.72 Å². The van der Waals surface area contributed by atoms with Crippen LogP contribution in [0.2, 0.25) is 0 Å². The van der Waals surface area contributed by atoms with Crippen LogP contribution in [0.15, 0.2) is 36.8 Å². The summed E-state index contributed by atoms with van der Waals surface area (Å²) in [6.45, 7) is 3.85. The fourth-order valence-electron chi connectivity index (χ4n) is 4.44. The van der Waals surface area contributed by atoms with E-state index in [1.807, 2.05) is 6.07 Å². The number of nitrogens with one attached hydrogen (secondary N) is 2. The molecule has 1 unspecified atom stereocenters. The number of unbranched alkanes of at least 4 members (excludes halogenated alkanes) is 1. The Bertz CT molecular complexity index is 1140. The molecule has 10 heteroatoms. The summed E-state index contributed by atoms with van der Waals surface area (Å²) in [5.74, 6) is 0.555. The highest BCUT2D eigenvalue weighted by atomic mass is 16.5. The van der Waals surface area contributed by atoms with Crippen molar-refractivity contribution in [2.75, 3.05) is 50.5 Å². The normalized spacial score (nSPS) is 13.8. The first kappa shape index (κ1) is 25.7. The Morgan fingerprint density at radius 3 is 2.97 bits per heavy atom. The Morgan fingerprint density at radius 1 is 1.19 bits per heavy atom. The van der Waals surface area contributed by atoms with Crippen molar-refractivity contribution < 1.29 is 14.6 Å². The van der Waals surface area contributed by atoms with E-state index in [2.05, 4.69) is 42.6 Å². The topological polar surface area (TPSA) is 125 Å². The fourth-order valence-corrected chi connectivity index (χ4v) is 4.44. The minimum atomic E-state index is -0.920. The molecule has 10 nitrogen and oxygen atoms in total. The molecule has 0 saturated carbocycles. The summed E-state index contributed by atoms with van der Waals surface area (Å²) in [5, 5.41) is 16.3. The zero-order valence-corrected chi connectivity index (χ0v) is 20.8. The number of aryl methyl sites for hydroxylation is 2. The van der Waals surface area contributed by atoms with Crippen LogP contribution in [0.25, 0.3) is 11.0 Å². The highest BCUT2D eigenvalue weighted by Gasteiger charge is 2.21. The third-order valence-corrected chi connectivity index (χ3v) is 6.46. The van der Waals surface area contributed by atoms with E-state index >= 15 is 0 Å². The zero-order chi connectivity index (χ0) is 25.2. The van der Waals surface area contributed by atoms with Gasteiger partial charge in [0.25, 0.3) is 0 Å². The van der Waals surface area contributed by atoms with Crippen molar-refractivity contribution >= 4 is 28.6 Å². The van der Waals surface area contributed by atoms with Crippen molar-refractivity contribution in [2.24, 2.45) is 0 Å². The number of hydrogen-bond acceptors (Lipinski definition) is 9. The van der Waals surface area contributed by atoms with Crippen LogP contribution in [-0.4, -0.2) is 81.8 Å². The van der Waals surface area contributed by atoms with Crippen LogP contribution < -0.4 is 10.6 Å². The number of pyridine rings is 2. The van der Waals surface area contributed by atoms with E-state index in [0.717, 1.165) is 63.3 Å². The van der Waals surface area contributed by atoms with Gasteiger partial charge in [-0.15, -0.1) is 0 Å². The quantitative estimate of drug-likeness (QED) is 0.289. The lowest BCUT2D eigenvalue weighted by Crippen LogP contribution is -2.37. The van der Waals surface area contributed by atoms with Crippen molar-refractivity contribution in [3.05, 3.63) is 48.0 Å². The van der Waals surface area contributed by atoms with Gasteiger partial charge in [-0.2, -0.15) is 0 Å². The molecule has 3 N–H and O–H groups in total. The maximum Gasteiger partial charge on any atom is 0.326 e. The first-order valence-electron chi connectivity index (χ1n) is 12.6. The molecular weight excluding hydrogens is 458 g/mol. The predicted octanol–water partition coefficient (Wildman–Crippen LogP) is 3.00. The van der Waals surface area contributed by atoms with Crippen LogP contribution in [0.5, 0.6) is 0 Å². The smallest absolute Gasteiger partial charge is 0.326 e. The molecule has 0 radical (unpaired) electrons. The molecule has 1 aliphatic rings. The molecule has 1 atom stereocenters. The van der Waals surface area contributed by atoms with E-state index in [1.54, 1.807) is 19.4 Å². The number of hydrogen-bond donors (Lipinski definition) is 3. The number of anilines is 2. The minimum Gasteiger partial charge on any atom is -0.480 e. The Morgan fingerprint density at radius 2 is 2.11 bits per heavy atom. The van der Waals surface area contributed by atoms with Gasteiger partial charge in [-0.1, -0.05) is 6.07 Å². The van der Waals surface area contributed by atoms with Crippen molar-refractivity contribution in [3.8, 4) is 0 Å². The van der Waals surface area contributed by atoms with Crippen LogP contribution in [0, 0.1) is 0 Å². The third-order valence-electron chi connectivity index (χ3n) is 6.46. The highest BCUT2D eigenvalue weighted by Crippen LogP contribution is 2.21. The van der Waals surface area contributed by atoms with Crippen LogP contribution in [-0.2, 0) is 22.4 Å². The number of nitrogens with zero attached hydrogens (tertiary/aromatic N) is 5. The molecular formula is C26H35N7O3. The van der Waals surface area contributed by atoms with E-state index in [0.29, 0.717) is 36.4 Å². The van der Waals surface area contributed by atoms with Gasteiger partial charge in [0.2, 0.25) is 0 Å². The second-order valence-electron chi connectivity index (χ2n) is 9.05. The standard InChI is InChI=1S/C26H35N7O3/c1-36-17-16-33(14-3-2-7-20-10-9-19-6-4-13-28-24(19)31-20)15-11-22(26(34)35)32-25-23-21(29-18-30-25)8-5-12-27-23/h5,8-10,12,18,22H,2-4,6-7,11,13-17H2,1H3,(H,28,31)(H,34,35)(H,29,30,32). The van der Waals surface area contributed by atoms with E-state index in [9.17, 15) is 9.90 Å². The third kappa shape index (κ3) is 7.08. The fraction of sp³-hybridized carbons (Fsp3) is 0.500. The van der Waals surface area contributed by atoms with E-state index in [-0.39, 0.29) is 0 Å². The van der Waals surface area contributed by atoms with E-state index < -0.39 is 12.0 Å². The summed E-state index contributed by atoms with van der Waals surface area (Å²) in [4.78, 5) is 31.8. The molecule has 36 heavy (non-hydrogen) atoms. The van der Waals surface area contributed by atoms with Crippen LogP contribution >= 0.6 is 0 Å². The lowest BCUT2D eigenvalue weighted by atomic mass is 10.1. The van der Waals surface area contributed by atoms with Gasteiger partial charge in [-0.05, 0) is 68.8 Å². The Labute approximate surface area is 211 Å². The second kappa shape index (κ2) is 13.1. The number of ether oxygens (including phenoxy) is 1. The monoisotopic (exact) mass is 493 g/mol. The number of aromatic nitrogens is 4. The summed E-state index contributed by atoms with van der Waals surface area (Å²) in [7, 11) is 1.68. The highest BCUT2D eigenvalue weighted by molar-refractivity contribution is 5.87. The average molecular weight is 494 g/mol. The number of aliphatic carboxylic acids is 1. The number of fused-ring (bicyclic) bond motifs is 2. The van der Waals surface area contributed by atoms with Gasteiger partial charge in [0, 0.05) is 38.6 Å². The predicted molar refractivity (Wildman–Crippen MR) is 139 cm³/mol. The van der Waals surface area contributed by atoms with Crippen molar-refractivity contribution in [1.82, 2.24) is 24.8 Å².